The minimum Gasteiger partial charge on any atom is -0.356 e. The van der Waals surface area contributed by atoms with Gasteiger partial charge in [-0.15, -0.1) is 24.0 Å². The highest BCUT2D eigenvalue weighted by atomic mass is 127. The minimum absolute atomic E-state index is 0. The maximum atomic E-state index is 13.2. The van der Waals surface area contributed by atoms with Crippen LogP contribution in [0.4, 0.5) is 4.39 Å². The van der Waals surface area contributed by atoms with E-state index in [2.05, 4.69) is 45.2 Å². The summed E-state index contributed by atoms with van der Waals surface area (Å²) < 4.78 is 13.2. The van der Waals surface area contributed by atoms with Crippen LogP contribution >= 0.6 is 24.0 Å². The number of amides is 1. The second kappa shape index (κ2) is 11.1. The van der Waals surface area contributed by atoms with Gasteiger partial charge in [0.05, 0.1) is 6.42 Å². The van der Waals surface area contributed by atoms with Gasteiger partial charge in [0, 0.05) is 32.1 Å². The van der Waals surface area contributed by atoms with Crippen LogP contribution in [0.2, 0.25) is 0 Å². The van der Waals surface area contributed by atoms with E-state index in [-0.39, 0.29) is 47.5 Å². The minimum atomic E-state index is -0.328. The van der Waals surface area contributed by atoms with E-state index in [1.54, 1.807) is 19.2 Å². The fourth-order valence-electron chi connectivity index (χ4n) is 3.26. The third-order valence-electron chi connectivity index (χ3n) is 5.05. The van der Waals surface area contributed by atoms with Gasteiger partial charge in [-0.3, -0.25) is 9.79 Å². The Kier molecular flexibility index (Phi) is 8.88. The van der Waals surface area contributed by atoms with Crippen LogP contribution in [-0.2, 0) is 16.6 Å². The molecule has 0 spiro atoms. The number of nitrogens with one attached hydrogen (secondary N) is 3. The monoisotopic (exact) mass is 510 g/mol. The Morgan fingerprint density at radius 2 is 1.76 bits per heavy atom. The highest BCUT2D eigenvalue weighted by molar-refractivity contribution is 14.0. The lowest BCUT2D eigenvalue weighted by Crippen LogP contribution is -2.44. The maximum Gasteiger partial charge on any atom is 0.224 e. The molecule has 1 aliphatic carbocycles. The van der Waals surface area contributed by atoms with Crippen LogP contribution in [0.5, 0.6) is 0 Å². The van der Waals surface area contributed by atoms with Gasteiger partial charge in [0.15, 0.2) is 5.96 Å². The average molecular weight is 510 g/mol. The number of nitrogens with zero attached hydrogens (tertiary/aromatic N) is 1. The highest BCUT2D eigenvalue weighted by Crippen LogP contribution is 2.47. The van der Waals surface area contributed by atoms with Gasteiger partial charge in [-0.05, 0) is 36.1 Å². The number of guanidine groups is 1. The topological polar surface area (TPSA) is 65.5 Å². The molecule has 0 aliphatic heterocycles. The van der Waals surface area contributed by atoms with Crippen LogP contribution in [0.1, 0.15) is 24.0 Å². The molecule has 0 saturated heterocycles. The van der Waals surface area contributed by atoms with E-state index in [1.807, 2.05) is 6.07 Å². The summed E-state index contributed by atoms with van der Waals surface area (Å²) in [6, 6.07) is 16.7. The first-order chi connectivity index (χ1) is 13.6. The van der Waals surface area contributed by atoms with Gasteiger partial charge in [0.2, 0.25) is 5.91 Å². The van der Waals surface area contributed by atoms with Gasteiger partial charge in [-0.25, -0.2) is 4.39 Å². The maximum absolute atomic E-state index is 13.2. The fourth-order valence-corrected chi connectivity index (χ4v) is 3.26. The molecule has 0 radical (unpaired) electrons. The highest BCUT2D eigenvalue weighted by Gasteiger charge is 2.43. The van der Waals surface area contributed by atoms with Crippen LogP contribution in [0, 0.1) is 5.82 Å². The molecule has 3 N–H and O–H groups in total. The summed E-state index contributed by atoms with van der Waals surface area (Å²) in [4.78, 5) is 16.2. The normalized spacial score (nSPS) is 14.5. The quantitative estimate of drug-likeness (QED) is 0.222. The van der Waals surface area contributed by atoms with Gasteiger partial charge in [0.1, 0.15) is 5.82 Å². The Morgan fingerprint density at radius 1 is 1.03 bits per heavy atom. The summed E-state index contributed by atoms with van der Waals surface area (Å²) >= 11 is 0. The molecule has 1 aliphatic rings. The second-order valence-electron chi connectivity index (χ2n) is 7.16. The largest absolute Gasteiger partial charge is 0.356 e. The average Bonchev–Trinajstić information content (AvgIpc) is 3.49. The molecule has 2 aromatic rings. The number of aliphatic imine (C=N–C) groups is 1. The van der Waals surface area contributed by atoms with Crippen molar-refractivity contribution in [3.05, 3.63) is 71.5 Å². The fraction of sp³-hybridized carbons (Fsp3) is 0.364. The number of halogens is 2. The molecule has 1 saturated carbocycles. The van der Waals surface area contributed by atoms with Gasteiger partial charge >= 0.3 is 0 Å². The predicted octanol–water partition coefficient (Wildman–Crippen LogP) is 3.00. The van der Waals surface area contributed by atoms with Crippen molar-refractivity contribution in [2.45, 2.75) is 24.7 Å². The number of hydrogen-bond acceptors (Lipinski definition) is 2. The van der Waals surface area contributed by atoms with Crippen LogP contribution < -0.4 is 16.0 Å². The number of hydrogen-bond donors (Lipinski definition) is 3. The Labute approximate surface area is 188 Å². The molecular weight excluding hydrogens is 482 g/mol. The van der Waals surface area contributed by atoms with E-state index in [4.69, 9.17) is 0 Å². The second-order valence-corrected chi connectivity index (χ2v) is 7.16. The van der Waals surface area contributed by atoms with Gasteiger partial charge in [-0.1, -0.05) is 42.5 Å². The third-order valence-corrected chi connectivity index (χ3v) is 5.05. The van der Waals surface area contributed by atoms with Crippen molar-refractivity contribution in [2.75, 3.05) is 26.7 Å². The first kappa shape index (κ1) is 23.1. The lowest BCUT2D eigenvalue weighted by molar-refractivity contribution is -0.120. The summed E-state index contributed by atoms with van der Waals surface area (Å²) in [5, 5.41) is 9.44. The predicted molar refractivity (Wildman–Crippen MR) is 125 cm³/mol. The van der Waals surface area contributed by atoms with E-state index < -0.39 is 0 Å². The number of rotatable bonds is 8. The molecule has 1 fully saturated rings. The Morgan fingerprint density at radius 3 is 2.41 bits per heavy atom. The standard InChI is InChI=1S/C22H27FN4O.HI/c1-24-21(27-16-22(10-11-22)18-7-3-2-4-8-18)26-13-12-25-20(28)15-17-6-5-9-19(23)14-17;/h2-9,14H,10-13,15-16H2,1H3,(H,25,28)(H2,24,26,27);1H. The van der Waals surface area contributed by atoms with Crippen molar-refractivity contribution < 1.29 is 9.18 Å². The zero-order valence-electron chi connectivity index (χ0n) is 16.6. The van der Waals surface area contributed by atoms with Crippen molar-refractivity contribution in [1.82, 2.24) is 16.0 Å². The zero-order valence-corrected chi connectivity index (χ0v) is 18.9. The first-order valence-electron chi connectivity index (χ1n) is 9.62. The number of carbonyl (C=O) groups excluding carboxylic acids is 1. The van der Waals surface area contributed by atoms with E-state index in [0.717, 1.165) is 12.5 Å². The summed E-state index contributed by atoms with van der Waals surface area (Å²) in [5.41, 5.74) is 2.24. The smallest absolute Gasteiger partial charge is 0.224 e. The molecule has 29 heavy (non-hydrogen) atoms. The van der Waals surface area contributed by atoms with Gasteiger partial charge in [0.25, 0.3) is 0 Å². The molecule has 3 rings (SSSR count). The van der Waals surface area contributed by atoms with Crippen molar-refractivity contribution in [1.29, 1.82) is 0 Å². The molecule has 156 valence electrons. The lowest BCUT2D eigenvalue weighted by atomic mass is 9.96. The Hall–Kier alpha value is -2.16. The first-order valence-corrected chi connectivity index (χ1v) is 9.62. The van der Waals surface area contributed by atoms with Crippen molar-refractivity contribution in [3.8, 4) is 0 Å². The third kappa shape index (κ3) is 6.99. The number of benzene rings is 2. The zero-order chi connectivity index (χ0) is 19.8. The lowest BCUT2D eigenvalue weighted by Gasteiger charge is -2.19. The summed E-state index contributed by atoms with van der Waals surface area (Å²) in [5.74, 6) is 0.267. The van der Waals surface area contributed by atoms with Crippen molar-refractivity contribution >= 4 is 35.8 Å². The molecule has 7 heteroatoms. The molecule has 5 nitrogen and oxygen atoms in total. The van der Waals surface area contributed by atoms with Gasteiger partial charge < -0.3 is 16.0 Å². The molecule has 0 bridgehead atoms. The molecular formula is C22H28FIN4O. The molecule has 0 unspecified atom stereocenters. The SMILES string of the molecule is CN=C(NCCNC(=O)Cc1cccc(F)c1)NCC1(c2ccccc2)CC1.I. The van der Waals surface area contributed by atoms with E-state index >= 15 is 0 Å². The van der Waals surface area contributed by atoms with Crippen molar-refractivity contribution in [3.63, 3.8) is 0 Å². The molecule has 0 heterocycles. The van der Waals surface area contributed by atoms with Crippen LogP contribution in [0.15, 0.2) is 59.6 Å². The van der Waals surface area contributed by atoms with Crippen LogP contribution in [0.3, 0.4) is 0 Å². The Balaban J connectivity index is 0.00000300. The van der Waals surface area contributed by atoms with Crippen LogP contribution in [-0.4, -0.2) is 38.5 Å². The Bertz CT molecular complexity index is 825. The summed E-state index contributed by atoms with van der Waals surface area (Å²) in [6.07, 6.45) is 2.53. The van der Waals surface area contributed by atoms with E-state index in [1.165, 1.54) is 30.5 Å². The summed E-state index contributed by atoms with van der Waals surface area (Å²) in [6.45, 7) is 1.87. The summed E-state index contributed by atoms with van der Waals surface area (Å²) in [7, 11) is 1.74. The molecule has 0 aromatic heterocycles. The van der Waals surface area contributed by atoms with E-state index in [9.17, 15) is 9.18 Å². The number of carbonyl (C=O) groups is 1. The van der Waals surface area contributed by atoms with Crippen molar-refractivity contribution in [2.24, 2.45) is 4.99 Å². The molecule has 2 aromatic carbocycles. The van der Waals surface area contributed by atoms with Gasteiger partial charge in [-0.2, -0.15) is 0 Å². The molecule has 0 atom stereocenters. The molecule has 1 amide bonds. The van der Waals surface area contributed by atoms with E-state index in [0.29, 0.717) is 18.7 Å². The van der Waals surface area contributed by atoms with Crippen LogP contribution in [0.25, 0.3) is 0 Å².